The zero-order chi connectivity index (χ0) is 17.5. The third kappa shape index (κ3) is 5.89. The van der Waals surface area contributed by atoms with Gasteiger partial charge < -0.3 is 10.1 Å². The largest absolute Gasteiger partial charge is 0.459 e. The maximum absolute atomic E-state index is 12.4. The fraction of sp³-hybridized carbons (Fsp3) is 0.474. The van der Waals surface area contributed by atoms with Crippen molar-refractivity contribution in [3.8, 4) is 0 Å². The highest BCUT2D eigenvalue weighted by atomic mass is 16.5. The maximum atomic E-state index is 12.4. The second-order valence-corrected chi connectivity index (χ2v) is 6.67. The monoisotopic (exact) mass is 317 g/mol. The molecule has 1 aromatic carbocycles. The number of hydrogen-bond acceptors (Lipinski definition) is 3. The Hall–Kier alpha value is -2.10. The lowest BCUT2D eigenvalue weighted by Gasteiger charge is -2.27. The molecule has 1 N–H and O–H groups in total. The van der Waals surface area contributed by atoms with Crippen molar-refractivity contribution in [2.24, 2.45) is 11.3 Å². The van der Waals surface area contributed by atoms with Crippen LogP contribution in [0.4, 0.5) is 0 Å². The fourth-order valence-corrected chi connectivity index (χ4v) is 2.11. The van der Waals surface area contributed by atoms with Gasteiger partial charge >= 0.3 is 5.97 Å². The first kappa shape index (κ1) is 18.9. The summed E-state index contributed by atoms with van der Waals surface area (Å²) in [6, 6.07) is 8.82. The van der Waals surface area contributed by atoms with Crippen molar-refractivity contribution in [2.45, 2.75) is 46.8 Å². The van der Waals surface area contributed by atoms with E-state index in [1.165, 1.54) is 0 Å². The molecular weight excluding hydrogens is 290 g/mol. The summed E-state index contributed by atoms with van der Waals surface area (Å²) >= 11 is 0. The number of benzene rings is 1. The van der Waals surface area contributed by atoms with Crippen LogP contribution < -0.4 is 5.32 Å². The summed E-state index contributed by atoms with van der Waals surface area (Å²) in [6.45, 7) is 11.3. The van der Waals surface area contributed by atoms with Crippen LogP contribution in [0.1, 0.15) is 39.7 Å². The smallest absolute Gasteiger partial charge is 0.329 e. The number of allylic oxidation sites excluding steroid dienone is 1. The van der Waals surface area contributed by atoms with Gasteiger partial charge in [-0.1, -0.05) is 64.1 Å². The zero-order valence-electron chi connectivity index (χ0n) is 14.5. The Labute approximate surface area is 138 Å². The predicted octanol–water partition coefficient (Wildman–Crippen LogP) is 3.47. The van der Waals surface area contributed by atoms with E-state index < -0.39 is 17.4 Å². The van der Waals surface area contributed by atoms with Gasteiger partial charge in [0, 0.05) is 5.41 Å². The van der Waals surface area contributed by atoms with Crippen LogP contribution >= 0.6 is 0 Å². The number of hydrogen-bond donors (Lipinski definition) is 1. The highest BCUT2D eigenvalue weighted by Gasteiger charge is 2.32. The number of carbonyl (C=O) groups is 2. The molecule has 23 heavy (non-hydrogen) atoms. The van der Waals surface area contributed by atoms with E-state index in [1.54, 1.807) is 6.08 Å². The number of ether oxygens (including phenoxy) is 1. The molecule has 0 unspecified atom stereocenters. The lowest BCUT2D eigenvalue weighted by atomic mass is 9.87. The SMILES string of the molecule is C=CCC(C)(C)C(=O)N[C@H](C(=O)OCc1ccccc1)C(C)C. The summed E-state index contributed by atoms with van der Waals surface area (Å²) < 4.78 is 5.35. The Morgan fingerprint density at radius 3 is 2.39 bits per heavy atom. The Morgan fingerprint density at radius 2 is 1.87 bits per heavy atom. The molecular formula is C19H27NO3. The quantitative estimate of drug-likeness (QED) is 0.590. The zero-order valence-corrected chi connectivity index (χ0v) is 14.5. The first-order chi connectivity index (χ1) is 10.8. The highest BCUT2D eigenvalue weighted by Crippen LogP contribution is 2.21. The second-order valence-electron chi connectivity index (χ2n) is 6.67. The van der Waals surface area contributed by atoms with Gasteiger partial charge in [0.05, 0.1) is 0 Å². The van der Waals surface area contributed by atoms with Crippen LogP contribution in [-0.2, 0) is 20.9 Å². The van der Waals surface area contributed by atoms with Crippen molar-refractivity contribution in [1.82, 2.24) is 5.32 Å². The van der Waals surface area contributed by atoms with Crippen LogP contribution in [0.15, 0.2) is 43.0 Å². The number of esters is 1. The third-order valence-electron chi connectivity index (χ3n) is 3.70. The summed E-state index contributed by atoms with van der Waals surface area (Å²) in [5.41, 5.74) is 0.316. The predicted molar refractivity (Wildman–Crippen MR) is 91.6 cm³/mol. The average molecular weight is 317 g/mol. The molecule has 1 amide bonds. The molecule has 0 spiro atoms. The molecule has 0 saturated heterocycles. The van der Waals surface area contributed by atoms with E-state index >= 15 is 0 Å². The van der Waals surface area contributed by atoms with E-state index in [2.05, 4.69) is 11.9 Å². The summed E-state index contributed by atoms with van der Waals surface area (Å²) in [6.07, 6.45) is 2.25. The third-order valence-corrected chi connectivity index (χ3v) is 3.70. The normalized spacial score (nSPS) is 12.6. The molecule has 0 saturated carbocycles. The minimum atomic E-state index is -0.657. The van der Waals surface area contributed by atoms with Crippen LogP contribution in [-0.4, -0.2) is 17.9 Å². The molecule has 0 aliphatic rings. The average Bonchev–Trinajstić information content (AvgIpc) is 2.50. The topological polar surface area (TPSA) is 55.4 Å². The fourth-order valence-electron chi connectivity index (χ4n) is 2.11. The number of amides is 1. The molecule has 1 atom stereocenters. The highest BCUT2D eigenvalue weighted by molar-refractivity contribution is 5.87. The summed E-state index contributed by atoms with van der Waals surface area (Å²) in [5, 5.41) is 2.82. The first-order valence-electron chi connectivity index (χ1n) is 7.90. The molecule has 4 heteroatoms. The van der Waals surface area contributed by atoms with Crippen LogP contribution in [0.25, 0.3) is 0 Å². The molecule has 0 aliphatic carbocycles. The molecule has 0 radical (unpaired) electrons. The van der Waals surface area contributed by atoms with E-state index in [0.29, 0.717) is 6.42 Å². The Morgan fingerprint density at radius 1 is 1.26 bits per heavy atom. The van der Waals surface area contributed by atoms with Gasteiger partial charge in [0.2, 0.25) is 5.91 Å². The summed E-state index contributed by atoms with van der Waals surface area (Å²) in [4.78, 5) is 24.7. The minimum Gasteiger partial charge on any atom is -0.459 e. The van der Waals surface area contributed by atoms with Crippen LogP contribution in [0.5, 0.6) is 0 Å². The molecule has 0 aromatic heterocycles. The lowest BCUT2D eigenvalue weighted by Crippen LogP contribution is -2.49. The summed E-state index contributed by atoms with van der Waals surface area (Å²) in [7, 11) is 0. The van der Waals surface area contributed by atoms with Crippen molar-refractivity contribution in [2.75, 3.05) is 0 Å². The van der Waals surface area contributed by atoms with Gasteiger partial charge in [-0.2, -0.15) is 0 Å². The first-order valence-corrected chi connectivity index (χ1v) is 7.90. The van der Waals surface area contributed by atoms with Gasteiger partial charge in [-0.25, -0.2) is 4.79 Å². The molecule has 0 heterocycles. The molecule has 0 fully saturated rings. The standard InChI is InChI=1S/C19H27NO3/c1-6-12-19(4,5)18(22)20-16(14(2)3)17(21)23-13-15-10-8-7-9-11-15/h6-11,14,16H,1,12-13H2,2-5H3,(H,20,22)/t16-/m0/s1. The molecule has 4 nitrogen and oxygen atoms in total. The van der Waals surface area contributed by atoms with Crippen molar-refractivity contribution in [3.63, 3.8) is 0 Å². The maximum Gasteiger partial charge on any atom is 0.329 e. The molecule has 0 bridgehead atoms. The van der Waals surface area contributed by atoms with Gasteiger partial charge in [-0.05, 0) is 17.9 Å². The van der Waals surface area contributed by atoms with E-state index in [1.807, 2.05) is 58.0 Å². The van der Waals surface area contributed by atoms with E-state index in [-0.39, 0.29) is 18.4 Å². The number of nitrogens with one attached hydrogen (secondary N) is 1. The lowest BCUT2D eigenvalue weighted by molar-refractivity contribution is -0.151. The van der Waals surface area contributed by atoms with Crippen LogP contribution in [0, 0.1) is 11.3 Å². The van der Waals surface area contributed by atoms with Crippen LogP contribution in [0.2, 0.25) is 0 Å². The molecule has 126 valence electrons. The van der Waals surface area contributed by atoms with Gasteiger partial charge in [0.1, 0.15) is 12.6 Å². The van der Waals surface area contributed by atoms with Crippen molar-refractivity contribution < 1.29 is 14.3 Å². The van der Waals surface area contributed by atoms with Gasteiger partial charge in [-0.3, -0.25) is 4.79 Å². The Kier molecular flexibility index (Phi) is 7.01. The van der Waals surface area contributed by atoms with Gasteiger partial charge in [-0.15, -0.1) is 6.58 Å². The van der Waals surface area contributed by atoms with E-state index in [9.17, 15) is 9.59 Å². The molecule has 1 rings (SSSR count). The van der Waals surface area contributed by atoms with Gasteiger partial charge in [0.25, 0.3) is 0 Å². The molecule has 1 aromatic rings. The van der Waals surface area contributed by atoms with E-state index in [0.717, 1.165) is 5.56 Å². The number of carbonyl (C=O) groups excluding carboxylic acids is 2. The Bertz CT molecular complexity index is 535. The van der Waals surface area contributed by atoms with Gasteiger partial charge in [0.15, 0.2) is 0 Å². The van der Waals surface area contributed by atoms with Crippen molar-refractivity contribution in [3.05, 3.63) is 48.6 Å². The van der Waals surface area contributed by atoms with Crippen LogP contribution in [0.3, 0.4) is 0 Å². The van der Waals surface area contributed by atoms with E-state index in [4.69, 9.17) is 4.74 Å². The molecule has 0 aliphatic heterocycles. The van der Waals surface area contributed by atoms with Crippen molar-refractivity contribution in [1.29, 1.82) is 0 Å². The summed E-state index contributed by atoms with van der Waals surface area (Å²) in [5.74, 6) is -0.638. The minimum absolute atomic E-state index is 0.0539. The van der Waals surface area contributed by atoms with Crippen molar-refractivity contribution >= 4 is 11.9 Å². The second kappa shape index (κ2) is 8.51. The Balaban J connectivity index is 2.68. The number of rotatable bonds is 8.